The van der Waals surface area contributed by atoms with Gasteiger partial charge in [-0.2, -0.15) is 9.57 Å². The Bertz CT molecular complexity index is 1240. The van der Waals surface area contributed by atoms with Gasteiger partial charge in [-0.25, -0.2) is 18.4 Å². The minimum absolute atomic E-state index is 0.185. The van der Waals surface area contributed by atoms with Crippen molar-refractivity contribution >= 4 is 27.0 Å². The van der Waals surface area contributed by atoms with Crippen molar-refractivity contribution in [3.63, 3.8) is 0 Å². The number of carbonyl (C=O) groups excluding carboxylic acids is 1. The van der Waals surface area contributed by atoms with Gasteiger partial charge in [0.25, 0.3) is 5.91 Å². The molecule has 4 heterocycles. The number of nitriles is 1. The molecule has 29 heavy (non-hydrogen) atoms. The first-order valence-corrected chi connectivity index (χ1v) is 10.4. The van der Waals surface area contributed by atoms with E-state index in [1.165, 1.54) is 16.6 Å². The van der Waals surface area contributed by atoms with Gasteiger partial charge in [0, 0.05) is 44.0 Å². The van der Waals surface area contributed by atoms with E-state index in [4.69, 9.17) is 5.26 Å². The minimum atomic E-state index is -3.70. The van der Waals surface area contributed by atoms with Crippen molar-refractivity contribution in [3.05, 3.63) is 53.6 Å². The molecule has 148 valence electrons. The first kappa shape index (κ1) is 19.0. The molecule has 4 rings (SSSR count). The lowest BCUT2D eigenvalue weighted by molar-refractivity contribution is 0.0692. The number of amides is 1. The average molecular weight is 410 g/mol. The maximum Gasteiger partial charge on any atom is 0.272 e. The summed E-state index contributed by atoms with van der Waals surface area (Å²) in [6.07, 6.45) is 3.05. The molecule has 1 fully saturated rings. The summed E-state index contributed by atoms with van der Waals surface area (Å²) in [5.41, 5.74) is 1.68. The third kappa shape index (κ3) is 3.35. The normalized spacial score (nSPS) is 15.4. The van der Waals surface area contributed by atoms with Crippen LogP contribution in [-0.4, -0.2) is 64.7 Å². The molecule has 1 aliphatic rings. The van der Waals surface area contributed by atoms with Crippen molar-refractivity contribution in [1.82, 2.24) is 24.2 Å². The van der Waals surface area contributed by atoms with Crippen LogP contribution < -0.4 is 0 Å². The molecule has 1 aliphatic heterocycles. The SMILES string of the molecule is Cc1nc(C(=O)N2CCN(S(=O)(=O)c3c[nH]c4ncccc34)CC2)ccc1C#N. The fourth-order valence-corrected chi connectivity index (χ4v) is 4.95. The predicted molar refractivity (Wildman–Crippen MR) is 104 cm³/mol. The number of nitrogens with zero attached hydrogens (tertiary/aromatic N) is 5. The Morgan fingerprint density at radius 3 is 2.66 bits per heavy atom. The van der Waals surface area contributed by atoms with Crippen molar-refractivity contribution in [3.8, 4) is 6.07 Å². The molecule has 0 unspecified atom stereocenters. The number of hydrogen-bond acceptors (Lipinski definition) is 6. The molecule has 0 aliphatic carbocycles. The number of hydrogen-bond donors (Lipinski definition) is 1. The Labute approximate surface area is 167 Å². The highest BCUT2D eigenvalue weighted by atomic mass is 32.2. The van der Waals surface area contributed by atoms with Crippen LogP contribution in [0.5, 0.6) is 0 Å². The minimum Gasteiger partial charge on any atom is -0.345 e. The lowest BCUT2D eigenvalue weighted by Crippen LogP contribution is -2.50. The van der Waals surface area contributed by atoms with Gasteiger partial charge in [0.05, 0.1) is 11.3 Å². The number of fused-ring (bicyclic) bond motifs is 1. The topological polar surface area (TPSA) is 123 Å². The summed E-state index contributed by atoms with van der Waals surface area (Å²) in [7, 11) is -3.70. The molecular weight excluding hydrogens is 392 g/mol. The molecule has 3 aromatic rings. The van der Waals surface area contributed by atoms with Crippen molar-refractivity contribution in [2.24, 2.45) is 0 Å². The summed E-state index contributed by atoms with van der Waals surface area (Å²) in [4.78, 5) is 25.7. The molecule has 3 aromatic heterocycles. The van der Waals surface area contributed by atoms with Crippen LogP contribution in [0.15, 0.2) is 41.6 Å². The van der Waals surface area contributed by atoms with E-state index in [0.717, 1.165) is 0 Å². The van der Waals surface area contributed by atoms with Crippen LogP contribution >= 0.6 is 0 Å². The molecular formula is C19H18N6O3S. The van der Waals surface area contributed by atoms with Gasteiger partial charge in [0.1, 0.15) is 22.3 Å². The zero-order valence-electron chi connectivity index (χ0n) is 15.7. The van der Waals surface area contributed by atoms with Gasteiger partial charge in [0.15, 0.2) is 0 Å². The number of aromatic amines is 1. The van der Waals surface area contributed by atoms with Gasteiger partial charge < -0.3 is 9.88 Å². The first-order valence-electron chi connectivity index (χ1n) is 9.01. The van der Waals surface area contributed by atoms with Crippen LogP contribution in [0.4, 0.5) is 0 Å². The van der Waals surface area contributed by atoms with Crippen LogP contribution in [-0.2, 0) is 10.0 Å². The van der Waals surface area contributed by atoms with E-state index in [1.54, 1.807) is 36.2 Å². The summed E-state index contributed by atoms with van der Waals surface area (Å²) in [6.45, 7) is 2.58. The van der Waals surface area contributed by atoms with Crippen LogP contribution in [0, 0.1) is 18.3 Å². The van der Waals surface area contributed by atoms with Gasteiger partial charge in [-0.05, 0) is 31.2 Å². The third-order valence-electron chi connectivity index (χ3n) is 4.98. The number of piperazine rings is 1. The van der Waals surface area contributed by atoms with Gasteiger partial charge in [-0.3, -0.25) is 4.79 Å². The molecule has 9 nitrogen and oxygen atoms in total. The number of rotatable bonds is 3. The summed E-state index contributed by atoms with van der Waals surface area (Å²) >= 11 is 0. The van der Waals surface area contributed by atoms with Gasteiger partial charge in [-0.1, -0.05) is 0 Å². The standard InChI is InChI=1S/C19H18N6O3S/c1-13-14(11-20)4-5-16(23-13)19(26)24-7-9-25(10-8-24)29(27,28)17-12-22-18-15(17)3-2-6-21-18/h2-6,12H,7-10H2,1H3,(H,21,22). The Morgan fingerprint density at radius 1 is 1.21 bits per heavy atom. The molecule has 1 amide bonds. The zero-order valence-corrected chi connectivity index (χ0v) is 16.5. The van der Waals surface area contributed by atoms with Gasteiger partial charge in [0.2, 0.25) is 10.0 Å². The Balaban J connectivity index is 1.50. The monoisotopic (exact) mass is 410 g/mol. The number of nitrogens with one attached hydrogen (secondary N) is 1. The molecule has 0 spiro atoms. The zero-order chi connectivity index (χ0) is 20.6. The molecule has 1 N–H and O–H groups in total. The lowest BCUT2D eigenvalue weighted by Gasteiger charge is -2.33. The van der Waals surface area contributed by atoms with Crippen molar-refractivity contribution in [1.29, 1.82) is 5.26 Å². The lowest BCUT2D eigenvalue weighted by atomic mass is 10.2. The van der Waals surface area contributed by atoms with Crippen molar-refractivity contribution in [2.75, 3.05) is 26.2 Å². The van der Waals surface area contributed by atoms with E-state index < -0.39 is 10.0 Å². The second kappa shape index (κ2) is 7.27. The maximum atomic E-state index is 13.1. The smallest absolute Gasteiger partial charge is 0.272 e. The van der Waals surface area contributed by atoms with Gasteiger partial charge in [-0.15, -0.1) is 0 Å². The molecule has 0 bridgehead atoms. The number of pyridine rings is 2. The van der Waals surface area contributed by atoms with Crippen LogP contribution in [0.3, 0.4) is 0 Å². The summed E-state index contributed by atoms with van der Waals surface area (Å²) in [5.74, 6) is -0.272. The number of sulfonamides is 1. The number of H-pyrrole nitrogens is 1. The average Bonchev–Trinajstić information content (AvgIpc) is 3.18. The van der Waals surface area contributed by atoms with E-state index in [0.29, 0.717) is 22.3 Å². The summed E-state index contributed by atoms with van der Waals surface area (Å²) in [6, 6.07) is 8.52. The van der Waals surface area contributed by atoms with Crippen LogP contribution in [0.25, 0.3) is 11.0 Å². The fourth-order valence-electron chi connectivity index (χ4n) is 3.38. The Kier molecular flexibility index (Phi) is 4.77. The molecule has 0 atom stereocenters. The van der Waals surface area contributed by atoms with Crippen LogP contribution in [0.2, 0.25) is 0 Å². The van der Waals surface area contributed by atoms with E-state index in [-0.39, 0.29) is 42.7 Å². The molecule has 10 heteroatoms. The van der Waals surface area contributed by atoms with Crippen molar-refractivity contribution in [2.45, 2.75) is 11.8 Å². The molecule has 0 aromatic carbocycles. The number of carbonyl (C=O) groups is 1. The highest BCUT2D eigenvalue weighted by Gasteiger charge is 2.32. The highest BCUT2D eigenvalue weighted by Crippen LogP contribution is 2.25. The fraction of sp³-hybridized carbons (Fsp3) is 0.263. The van der Waals surface area contributed by atoms with Gasteiger partial charge >= 0.3 is 0 Å². The summed E-state index contributed by atoms with van der Waals surface area (Å²) < 4.78 is 27.5. The van der Waals surface area contributed by atoms with E-state index in [1.807, 2.05) is 6.07 Å². The first-order chi connectivity index (χ1) is 13.9. The van der Waals surface area contributed by atoms with E-state index in [2.05, 4.69) is 15.0 Å². The quantitative estimate of drug-likeness (QED) is 0.694. The number of aromatic nitrogens is 3. The Hall–Kier alpha value is -3.29. The summed E-state index contributed by atoms with van der Waals surface area (Å²) in [5, 5.41) is 9.54. The number of aryl methyl sites for hydroxylation is 1. The van der Waals surface area contributed by atoms with Crippen LogP contribution in [0.1, 0.15) is 21.7 Å². The predicted octanol–water partition coefficient (Wildman–Crippen LogP) is 1.28. The van der Waals surface area contributed by atoms with E-state index >= 15 is 0 Å². The largest absolute Gasteiger partial charge is 0.345 e. The van der Waals surface area contributed by atoms with E-state index in [9.17, 15) is 13.2 Å². The second-order valence-electron chi connectivity index (χ2n) is 6.69. The molecule has 0 radical (unpaired) electrons. The second-order valence-corrected chi connectivity index (χ2v) is 8.60. The molecule has 1 saturated heterocycles. The van der Waals surface area contributed by atoms with Crippen molar-refractivity contribution < 1.29 is 13.2 Å². The Morgan fingerprint density at radius 2 is 1.97 bits per heavy atom. The maximum absolute atomic E-state index is 13.1. The third-order valence-corrected chi connectivity index (χ3v) is 6.92. The highest BCUT2D eigenvalue weighted by molar-refractivity contribution is 7.89. The molecule has 0 saturated carbocycles.